The molecule has 0 fully saturated rings. The van der Waals surface area contributed by atoms with Crippen molar-refractivity contribution in [3.05, 3.63) is 53.6 Å². The molecule has 0 saturated carbocycles. The van der Waals surface area contributed by atoms with Gasteiger partial charge in [-0.1, -0.05) is 19.1 Å². The molecule has 0 aliphatic heterocycles. The summed E-state index contributed by atoms with van der Waals surface area (Å²) >= 11 is 0. The van der Waals surface area contributed by atoms with Crippen molar-refractivity contribution in [2.24, 2.45) is 0 Å². The summed E-state index contributed by atoms with van der Waals surface area (Å²) in [4.78, 5) is 10.4. The van der Waals surface area contributed by atoms with E-state index in [-0.39, 0.29) is 18.0 Å². The highest BCUT2D eigenvalue weighted by Gasteiger charge is 2.24. The van der Waals surface area contributed by atoms with Crippen molar-refractivity contribution in [3.8, 4) is 0 Å². The summed E-state index contributed by atoms with van der Waals surface area (Å²) in [6, 6.07) is 7.37. The molecule has 0 aliphatic rings. The first-order valence-corrected chi connectivity index (χ1v) is 8.61. The standard InChI is InChI=1S/C16H16F2N2O3S/c1-3-15(21)19-13-8-5-9-14(10(13)2)20-24(22,23)16-11(17)6-4-7-12(16)18/h4-9,20H,3H2,1-2H3,(H,19,21). The molecule has 8 heteroatoms. The van der Waals surface area contributed by atoms with Crippen LogP contribution in [0.25, 0.3) is 0 Å². The van der Waals surface area contributed by atoms with Gasteiger partial charge in [0.25, 0.3) is 10.0 Å². The molecule has 128 valence electrons. The smallest absolute Gasteiger partial charge is 0.267 e. The Kier molecular flexibility index (Phi) is 5.18. The van der Waals surface area contributed by atoms with E-state index in [9.17, 15) is 22.0 Å². The number of hydrogen-bond acceptors (Lipinski definition) is 3. The molecule has 0 aliphatic carbocycles. The minimum atomic E-state index is -4.46. The number of nitrogens with one attached hydrogen (secondary N) is 2. The van der Waals surface area contributed by atoms with E-state index in [1.54, 1.807) is 19.9 Å². The van der Waals surface area contributed by atoms with Gasteiger partial charge in [0.05, 0.1) is 5.69 Å². The molecule has 0 heterocycles. The van der Waals surface area contributed by atoms with Gasteiger partial charge < -0.3 is 5.32 Å². The molecule has 0 unspecified atom stereocenters. The number of sulfonamides is 1. The van der Waals surface area contributed by atoms with Crippen molar-refractivity contribution in [3.63, 3.8) is 0 Å². The fourth-order valence-corrected chi connectivity index (χ4v) is 3.32. The molecule has 0 spiro atoms. The highest BCUT2D eigenvalue weighted by Crippen LogP contribution is 2.27. The van der Waals surface area contributed by atoms with Gasteiger partial charge in [-0.25, -0.2) is 17.2 Å². The molecular formula is C16H16F2N2O3S. The Morgan fingerprint density at radius 1 is 1.04 bits per heavy atom. The van der Waals surface area contributed by atoms with Gasteiger partial charge >= 0.3 is 0 Å². The molecule has 0 aromatic heterocycles. The van der Waals surface area contributed by atoms with Crippen molar-refractivity contribution < 1.29 is 22.0 Å². The molecule has 2 N–H and O–H groups in total. The third kappa shape index (κ3) is 3.70. The second kappa shape index (κ2) is 6.96. The molecule has 2 aromatic rings. The Morgan fingerprint density at radius 3 is 2.17 bits per heavy atom. The second-order valence-corrected chi connectivity index (χ2v) is 6.66. The minimum Gasteiger partial charge on any atom is -0.326 e. The fraction of sp³-hybridized carbons (Fsp3) is 0.188. The van der Waals surface area contributed by atoms with Crippen molar-refractivity contribution in [2.45, 2.75) is 25.2 Å². The molecule has 24 heavy (non-hydrogen) atoms. The Morgan fingerprint density at radius 2 is 1.58 bits per heavy atom. The maximum atomic E-state index is 13.7. The van der Waals surface area contributed by atoms with E-state index in [2.05, 4.69) is 10.0 Å². The molecule has 0 bridgehead atoms. The zero-order valence-corrected chi connectivity index (χ0v) is 13.9. The average molecular weight is 354 g/mol. The third-order valence-electron chi connectivity index (χ3n) is 3.36. The van der Waals surface area contributed by atoms with Crippen LogP contribution >= 0.6 is 0 Å². The lowest BCUT2D eigenvalue weighted by atomic mass is 10.1. The van der Waals surface area contributed by atoms with Gasteiger partial charge in [-0.15, -0.1) is 0 Å². The highest BCUT2D eigenvalue weighted by atomic mass is 32.2. The predicted octanol–water partition coefficient (Wildman–Crippen LogP) is 3.42. The number of carbonyl (C=O) groups excluding carboxylic acids is 1. The van der Waals surface area contributed by atoms with Crippen LogP contribution in [0.4, 0.5) is 20.2 Å². The summed E-state index contributed by atoms with van der Waals surface area (Å²) in [6.45, 7) is 3.26. The number of rotatable bonds is 5. The Labute approximate surface area is 138 Å². The van der Waals surface area contributed by atoms with Gasteiger partial charge in [0.2, 0.25) is 5.91 Å². The normalized spacial score (nSPS) is 11.2. The molecule has 1 amide bonds. The topological polar surface area (TPSA) is 75.3 Å². The first kappa shape index (κ1) is 17.9. The largest absolute Gasteiger partial charge is 0.326 e. The van der Waals surface area contributed by atoms with Crippen LogP contribution in [-0.4, -0.2) is 14.3 Å². The molecule has 0 saturated heterocycles. The number of carbonyl (C=O) groups is 1. The summed E-state index contributed by atoms with van der Waals surface area (Å²) in [6.07, 6.45) is 0.260. The van der Waals surface area contributed by atoms with Crippen LogP contribution in [0.3, 0.4) is 0 Å². The van der Waals surface area contributed by atoms with E-state index < -0.39 is 26.6 Å². The summed E-state index contributed by atoms with van der Waals surface area (Å²) in [7, 11) is -4.46. The molecule has 0 atom stereocenters. The monoisotopic (exact) mass is 354 g/mol. The minimum absolute atomic E-state index is 0.117. The Balaban J connectivity index is 2.41. The van der Waals surface area contributed by atoms with Crippen molar-refractivity contribution in [1.82, 2.24) is 0 Å². The highest BCUT2D eigenvalue weighted by molar-refractivity contribution is 7.92. The molecule has 2 aromatic carbocycles. The van der Waals surface area contributed by atoms with Gasteiger partial charge in [0.1, 0.15) is 11.6 Å². The van der Waals surface area contributed by atoms with Gasteiger partial charge in [-0.05, 0) is 36.8 Å². The fourth-order valence-electron chi connectivity index (χ4n) is 2.06. The van der Waals surface area contributed by atoms with Crippen LogP contribution in [0.1, 0.15) is 18.9 Å². The van der Waals surface area contributed by atoms with E-state index in [0.717, 1.165) is 18.2 Å². The van der Waals surface area contributed by atoms with E-state index in [4.69, 9.17) is 0 Å². The van der Waals surface area contributed by atoms with E-state index >= 15 is 0 Å². The van der Waals surface area contributed by atoms with E-state index in [0.29, 0.717) is 11.3 Å². The summed E-state index contributed by atoms with van der Waals surface area (Å²) in [5.74, 6) is -2.61. The number of benzene rings is 2. The maximum Gasteiger partial charge on any atom is 0.267 e. The Hall–Kier alpha value is -2.48. The predicted molar refractivity (Wildman–Crippen MR) is 87.3 cm³/mol. The number of anilines is 2. The molecule has 0 radical (unpaired) electrons. The third-order valence-corrected chi connectivity index (χ3v) is 4.78. The van der Waals surface area contributed by atoms with Crippen LogP contribution < -0.4 is 10.0 Å². The lowest BCUT2D eigenvalue weighted by molar-refractivity contribution is -0.115. The van der Waals surface area contributed by atoms with Crippen LogP contribution in [0.15, 0.2) is 41.3 Å². The number of halogens is 2. The number of hydrogen-bond donors (Lipinski definition) is 2. The first-order chi connectivity index (χ1) is 11.3. The second-order valence-electron chi connectivity index (χ2n) is 5.04. The van der Waals surface area contributed by atoms with E-state index in [1.165, 1.54) is 12.1 Å². The van der Waals surface area contributed by atoms with Crippen molar-refractivity contribution in [1.29, 1.82) is 0 Å². The van der Waals surface area contributed by atoms with Gasteiger partial charge in [-0.3, -0.25) is 9.52 Å². The van der Waals surface area contributed by atoms with Crippen LogP contribution in [-0.2, 0) is 14.8 Å². The summed E-state index contributed by atoms with van der Waals surface area (Å²) in [5, 5.41) is 2.63. The summed E-state index contributed by atoms with van der Waals surface area (Å²) < 4.78 is 54.2. The SMILES string of the molecule is CCC(=O)Nc1cccc(NS(=O)(=O)c2c(F)cccc2F)c1C. The van der Waals surface area contributed by atoms with E-state index in [1.807, 2.05) is 0 Å². The van der Waals surface area contributed by atoms with Gasteiger partial charge in [0, 0.05) is 12.1 Å². The first-order valence-electron chi connectivity index (χ1n) is 7.12. The molecule has 5 nitrogen and oxygen atoms in total. The van der Waals surface area contributed by atoms with Crippen LogP contribution in [0, 0.1) is 18.6 Å². The van der Waals surface area contributed by atoms with Gasteiger partial charge in [-0.2, -0.15) is 0 Å². The van der Waals surface area contributed by atoms with Crippen molar-refractivity contribution >= 4 is 27.3 Å². The number of amides is 1. The van der Waals surface area contributed by atoms with Crippen molar-refractivity contribution in [2.75, 3.05) is 10.0 Å². The average Bonchev–Trinajstić information content (AvgIpc) is 2.50. The zero-order valence-electron chi connectivity index (χ0n) is 13.1. The quantitative estimate of drug-likeness (QED) is 0.864. The lowest BCUT2D eigenvalue weighted by Crippen LogP contribution is -2.18. The zero-order chi connectivity index (χ0) is 17.9. The van der Waals surface area contributed by atoms with Gasteiger partial charge in [0.15, 0.2) is 4.90 Å². The summed E-state index contributed by atoms with van der Waals surface area (Å²) in [5.41, 5.74) is 0.960. The van der Waals surface area contributed by atoms with Crippen LogP contribution in [0.5, 0.6) is 0 Å². The Bertz CT molecular complexity index is 863. The lowest BCUT2D eigenvalue weighted by Gasteiger charge is -2.15. The molecule has 2 rings (SSSR count). The molecular weight excluding hydrogens is 338 g/mol. The van der Waals surface area contributed by atoms with Crippen LogP contribution in [0.2, 0.25) is 0 Å². The maximum absolute atomic E-state index is 13.7.